The van der Waals surface area contributed by atoms with Gasteiger partial charge in [-0.05, 0) is 45.1 Å². The molecule has 0 aliphatic carbocycles. The van der Waals surface area contributed by atoms with E-state index in [1.807, 2.05) is 0 Å². The zero-order valence-corrected chi connectivity index (χ0v) is 10.8. The summed E-state index contributed by atoms with van der Waals surface area (Å²) in [5.41, 5.74) is 4.08. The van der Waals surface area contributed by atoms with E-state index in [0.29, 0.717) is 0 Å². The molecule has 90 valence electrons. The van der Waals surface area contributed by atoms with E-state index in [1.54, 1.807) is 0 Å². The molecule has 1 aromatic rings. The van der Waals surface area contributed by atoms with Gasteiger partial charge in [-0.25, -0.2) is 0 Å². The van der Waals surface area contributed by atoms with E-state index in [-0.39, 0.29) is 6.10 Å². The molecule has 0 fully saturated rings. The van der Waals surface area contributed by atoms with Crippen LogP contribution in [0.4, 0.5) is 0 Å². The number of hydrogen-bond acceptors (Lipinski definition) is 1. The van der Waals surface area contributed by atoms with Gasteiger partial charge in [0.15, 0.2) is 0 Å². The summed E-state index contributed by atoms with van der Waals surface area (Å²) in [5, 5.41) is 9.64. The van der Waals surface area contributed by atoms with Crippen molar-refractivity contribution in [3.63, 3.8) is 0 Å². The average molecular weight is 220 g/mol. The van der Waals surface area contributed by atoms with E-state index >= 15 is 0 Å². The Hall–Kier alpha value is -0.820. The maximum Gasteiger partial charge on any atom is 0.0540 e. The number of aryl methyl sites for hydroxylation is 3. The summed E-state index contributed by atoms with van der Waals surface area (Å²) < 4.78 is 0. The van der Waals surface area contributed by atoms with Crippen molar-refractivity contribution in [2.45, 2.75) is 59.0 Å². The molecule has 1 nitrogen and oxygen atoms in total. The number of hydrogen-bond donors (Lipinski definition) is 1. The van der Waals surface area contributed by atoms with E-state index in [9.17, 15) is 5.11 Å². The smallest absolute Gasteiger partial charge is 0.0540 e. The largest absolute Gasteiger partial charge is 0.393 e. The molecule has 0 aliphatic rings. The molecule has 0 saturated heterocycles. The second kappa shape index (κ2) is 6.70. The molecule has 0 bridgehead atoms. The Morgan fingerprint density at radius 3 is 2.25 bits per heavy atom. The Labute approximate surface area is 99.5 Å². The van der Waals surface area contributed by atoms with Crippen LogP contribution in [-0.2, 0) is 6.42 Å². The number of aliphatic hydroxyl groups is 1. The fraction of sp³-hybridized carbons (Fsp3) is 0.600. The number of benzene rings is 1. The van der Waals surface area contributed by atoms with Crippen molar-refractivity contribution in [3.05, 3.63) is 34.9 Å². The Bertz CT molecular complexity index is 297. The topological polar surface area (TPSA) is 20.2 Å². The van der Waals surface area contributed by atoms with Crippen molar-refractivity contribution in [1.29, 1.82) is 0 Å². The van der Waals surface area contributed by atoms with Gasteiger partial charge in [-0.15, -0.1) is 0 Å². The average Bonchev–Trinajstić information content (AvgIpc) is 2.16. The van der Waals surface area contributed by atoms with Crippen LogP contribution in [0.1, 0.15) is 49.3 Å². The second-order valence-electron chi connectivity index (χ2n) is 4.83. The van der Waals surface area contributed by atoms with Crippen molar-refractivity contribution in [2.75, 3.05) is 0 Å². The quantitative estimate of drug-likeness (QED) is 0.773. The van der Waals surface area contributed by atoms with Gasteiger partial charge in [0.25, 0.3) is 0 Å². The molecule has 0 radical (unpaired) electrons. The number of rotatable bonds is 6. The van der Waals surface area contributed by atoms with Gasteiger partial charge in [-0.2, -0.15) is 0 Å². The van der Waals surface area contributed by atoms with E-state index in [0.717, 1.165) is 32.1 Å². The van der Waals surface area contributed by atoms with Crippen LogP contribution in [0, 0.1) is 13.8 Å². The molecule has 0 aromatic heterocycles. The van der Waals surface area contributed by atoms with Crippen LogP contribution < -0.4 is 0 Å². The zero-order chi connectivity index (χ0) is 12.0. The molecule has 0 amide bonds. The monoisotopic (exact) mass is 220 g/mol. The summed E-state index contributed by atoms with van der Waals surface area (Å²) in [6.07, 6.45) is 5.02. The van der Waals surface area contributed by atoms with Crippen LogP contribution in [0.25, 0.3) is 0 Å². The van der Waals surface area contributed by atoms with E-state index < -0.39 is 0 Å². The Kier molecular flexibility index (Phi) is 5.54. The van der Waals surface area contributed by atoms with Gasteiger partial charge in [0, 0.05) is 0 Å². The molecule has 0 spiro atoms. The molecule has 16 heavy (non-hydrogen) atoms. The predicted molar refractivity (Wildman–Crippen MR) is 69.8 cm³/mol. The summed E-state index contributed by atoms with van der Waals surface area (Å²) in [6, 6.07) is 6.70. The maximum absolute atomic E-state index is 9.64. The summed E-state index contributed by atoms with van der Waals surface area (Å²) in [6.45, 7) is 6.40. The number of aliphatic hydroxyl groups excluding tert-OH is 1. The molecule has 1 rings (SSSR count). The van der Waals surface area contributed by atoms with Gasteiger partial charge in [0.1, 0.15) is 0 Å². The van der Waals surface area contributed by atoms with Crippen LogP contribution in [0.5, 0.6) is 0 Å². The van der Waals surface area contributed by atoms with Crippen LogP contribution >= 0.6 is 0 Å². The highest BCUT2D eigenvalue weighted by Gasteiger charge is 2.03. The third-order valence-electron chi connectivity index (χ3n) is 2.91. The minimum atomic E-state index is -0.101. The lowest BCUT2D eigenvalue weighted by atomic mass is 10.0. The van der Waals surface area contributed by atoms with Gasteiger partial charge in [0.05, 0.1) is 6.10 Å². The SMILES string of the molecule is CCCC(O)CCCc1cc(C)cc(C)c1. The predicted octanol–water partition coefficient (Wildman–Crippen LogP) is 3.79. The van der Waals surface area contributed by atoms with Crippen molar-refractivity contribution < 1.29 is 5.11 Å². The normalized spacial score (nSPS) is 12.8. The Morgan fingerprint density at radius 1 is 1.06 bits per heavy atom. The summed E-state index contributed by atoms with van der Waals surface area (Å²) in [5.74, 6) is 0. The lowest BCUT2D eigenvalue weighted by Gasteiger charge is -2.09. The third-order valence-corrected chi connectivity index (χ3v) is 2.91. The minimum absolute atomic E-state index is 0.101. The van der Waals surface area contributed by atoms with Crippen LogP contribution in [0.15, 0.2) is 18.2 Å². The Balaban J connectivity index is 2.37. The molecule has 1 heteroatoms. The minimum Gasteiger partial charge on any atom is -0.393 e. The van der Waals surface area contributed by atoms with Crippen LogP contribution in [0.3, 0.4) is 0 Å². The second-order valence-corrected chi connectivity index (χ2v) is 4.83. The van der Waals surface area contributed by atoms with Crippen LogP contribution in [0.2, 0.25) is 0 Å². The molecular weight excluding hydrogens is 196 g/mol. The molecule has 0 heterocycles. The summed E-state index contributed by atoms with van der Waals surface area (Å²) in [4.78, 5) is 0. The first-order valence-corrected chi connectivity index (χ1v) is 6.37. The first kappa shape index (κ1) is 13.2. The first-order valence-electron chi connectivity index (χ1n) is 6.37. The fourth-order valence-corrected chi connectivity index (χ4v) is 2.23. The molecule has 1 atom stereocenters. The maximum atomic E-state index is 9.64. The van der Waals surface area contributed by atoms with Gasteiger partial charge in [-0.3, -0.25) is 0 Å². The van der Waals surface area contributed by atoms with E-state index in [4.69, 9.17) is 0 Å². The highest BCUT2D eigenvalue weighted by Crippen LogP contribution is 2.13. The highest BCUT2D eigenvalue weighted by molar-refractivity contribution is 5.28. The molecule has 1 aromatic carbocycles. The summed E-state index contributed by atoms with van der Waals surface area (Å²) >= 11 is 0. The van der Waals surface area contributed by atoms with Crippen molar-refractivity contribution in [1.82, 2.24) is 0 Å². The van der Waals surface area contributed by atoms with Crippen molar-refractivity contribution in [3.8, 4) is 0 Å². The zero-order valence-electron chi connectivity index (χ0n) is 10.8. The standard InChI is InChI=1S/C15H24O/c1-4-6-15(16)8-5-7-14-10-12(2)9-13(3)11-14/h9-11,15-16H,4-8H2,1-3H3. The lowest BCUT2D eigenvalue weighted by Crippen LogP contribution is -2.05. The van der Waals surface area contributed by atoms with Crippen LogP contribution in [-0.4, -0.2) is 11.2 Å². The first-order chi connectivity index (χ1) is 7.61. The van der Waals surface area contributed by atoms with Gasteiger partial charge < -0.3 is 5.11 Å². The van der Waals surface area contributed by atoms with E-state index in [1.165, 1.54) is 16.7 Å². The third kappa shape index (κ3) is 4.80. The van der Waals surface area contributed by atoms with Gasteiger partial charge in [0.2, 0.25) is 0 Å². The lowest BCUT2D eigenvalue weighted by molar-refractivity contribution is 0.151. The van der Waals surface area contributed by atoms with E-state index in [2.05, 4.69) is 39.0 Å². The van der Waals surface area contributed by atoms with Crippen molar-refractivity contribution in [2.24, 2.45) is 0 Å². The highest BCUT2D eigenvalue weighted by atomic mass is 16.3. The molecule has 1 unspecified atom stereocenters. The molecule has 0 saturated carbocycles. The van der Waals surface area contributed by atoms with Gasteiger partial charge in [-0.1, -0.05) is 42.7 Å². The molecular formula is C15H24O. The van der Waals surface area contributed by atoms with Gasteiger partial charge >= 0.3 is 0 Å². The molecule has 0 aliphatic heterocycles. The van der Waals surface area contributed by atoms with Crippen molar-refractivity contribution >= 4 is 0 Å². The summed E-state index contributed by atoms with van der Waals surface area (Å²) in [7, 11) is 0. The molecule has 1 N–H and O–H groups in total. The Morgan fingerprint density at radius 2 is 1.69 bits per heavy atom. The fourth-order valence-electron chi connectivity index (χ4n) is 2.23.